The molecule has 1 aliphatic rings. The number of nitrogens with two attached hydrogens (primary N) is 1. The van der Waals surface area contributed by atoms with Gasteiger partial charge in [0, 0.05) is 55.5 Å². The van der Waals surface area contributed by atoms with Crippen LogP contribution in [0.25, 0.3) is 67.1 Å². The zero-order valence-corrected chi connectivity index (χ0v) is 31.6. The highest BCUT2D eigenvalue weighted by molar-refractivity contribution is 7.99. The standard InChI is InChI=1S/C49H35N5O2S/c50-46(51-45-37-21-10-12-24-40(37)56-42(45)28-31-14-3-1-4-15-31)35-19-8-7-16-32-26-27-34(29-43(32)57-30-35)48-52-47(33-17-5-2-6-18-33)53-49(54-48)38-22-13-25-41-44(38)36-20-9-11-23-39(36)55-41/h1-15,17-27,29H,16,28,30H2,(H2,50,51)/b8-7-,35-19+. The highest BCUT2D eigenvalue weighted by atomic mass is 32.2. The van der Waals surface area contributed by atoms with E-state index in [1.807, 2.05) is 103 Å². The monoisotopic (exact) mass is 757 g/mol. The van der Waals surface area contributed by atoms with E-state index in [0.717, 1.165) is 83.5 Å². The predicted molar refractivity (Wildman–Crippen MR) is 232 cm³/mol. The number of hydrogen-bond donors (Lipinski definition) is 1. The second-order valence-electron chi connectivity index (χ2n) is 13.9. The van der Waals surface area contributed by atoms with Gasteiger partial charge in [-0.25, -0.2) is 19.9 Å². The van der Waals surface area contributed by atoms with Crippen molar-refractivity contribution in [1.82, 2.24) is 15.0 Å². The molecular formula is C49H35N5O2S. The van der Waals surface area contributed by atoms with Gasteiger partial charge in [0.15, 0.2) is 17.5 Å². The van der Waals surface area contributed by atoms with Gasteiger partial charge in [0.05, 0.1) is 0 Å². The molecule has 0 aliphatic carbocycles. The first-order valence-electron chi connectivity index (χ1n) is 18.9. The second kappa shape index (κ2) is 14.9. The van der Waals surface area contributed by atoms with Crippen LogP contribution in [-0.2, 0) is 12.8 Å². The van der Waals surface area contributed by atoms with Crippen molar-refractivity contribution in [2.75, 3.05) is 5.75 Å². The Hall–Kier alpha value is -7.03. The summed E-state index contributed by atoms with van der Waals surface area (Å²) in [5.74, 6) is 3.65. The minimum Gasteiger partial charge on any atom is -0.458 e. The van der Waals surface area contributed by atoms with E-state index in [2.05, 4.69) is 60.7 Å². The summed E-state index contributed by atoms with van der Waals surface area (Å²) in [6.07, 6.45) is 7.69. The van der Waals surface area contributed by atoms with Crippen LogP contribution in [-0.4, -0.2) is 26.5 Å². The lowest BCUT2D eigenvalue weighted by atomic mass is 10.0. The maximum Gasteiger partial charge on any atom is 0.164 e. The molecule has 0 bridgehead atoms. The molecule has 1 aliphatic heterocycles. The minimum atomic E-state index is 0.461. The van der Waals surface area contributed by atoms with E-state index in [0.29, 0.717) is 35.5 Å². The number of aliphatic imine (C=N–C) groups is 1. The molecule has 10 rings (SSSR count). The van der Waals surface area contributed by atoms with Crippen LogP contribution in [0.15, 0.2) is 188 Å². The smallest absolute Gasteiger partial charge is 0.164 e. The van der Waals surface area contributed by atoms with E-state index in [-0.39, 0.29) is 0 Å². The van der Waals surface area contributed by atoms with Gasteiger partial charge < -0.3 is 14.6 Å². The van der Waals surface area contributed by atoms with Crippen LogP contribution < -0.4 is 5.73 Å². The molecule has 3 aromatic heterocycles. The lowest BCUT2D eigenvalue weighted by Gasteiger charge is -2.13. The molecule has 9 aromatic rings. The molecule has 4 heterocycles. The van der Waals surface area contributed by atoms with E-state index >= 15 is 0 Å². The molecule has 0 unspecified atom stereocenters. The molecule has 0 amide bonds. The number of furan rings is 2. The summed E-state index contributed by atoms with van der Waals surface area (Å²) in [5.41, 5.74) is 16.0. The van der Waals surface area contributed by atoms with Crippen molar-refractivity contribution in [3.05, 3.63) is 186 Å². The third-order valence-electron chi connectivity index (χ3n) is 10.2. The first kappa shape index (κ1) is 34.5. The number of fused-ring (bicyclic) bond motifs is 5. The van der Waals surface area contributed by atoms with E-state index < -0.39 is 0 Å². The van der Waals surface area contributed by atoms with Crippen LogP contribution in [0.4, 0.5) is 5.69 Å². The average Bonchev–Trinajstić information content (AvgIpc) is 3.84. The molecule has 7 nitrogen and oxygen atoms in total. The average molecular weight is 758 g/mol. The number of nitrogens with zero attached hydrogens (tertiary/aromatic N) is 4. The molecule has 6 aromatic carbocycles. The molecule has 2 N–H and O–H groups in total. The maximum absolute atomic E-state index is 6.87. The van der Waals surface area contributed by atoms with Gasteiger partial charge >= 0.3 is 0 Å². The third-order valence-corrected chi connectivity index (χ3v) is 11.3. The van der Waals surface area contributed by atoms with Crippen LogP contribution >= 0.6 is 11.8 Å². The molecular weight excluding hydrogens is 723 g/mol. The molecule has 0 atom stereocenters. The number of benzene rings is 6. The normalized spacial score (nSPS) is 14.8. The van der Waals surface area contributed by atoms with Crippen molar-refractivity contribution in [3.63, 3.8) is 0 Å². The van der Waals surface area contributed by atoms with Gasteiger partial charge in [0.25, 0.3) is 0 Å². The number of rotatable bonds is 7. The first-order chi connectivity index (χ1) is 28.1. The van der Waals surface area contributed by atoms with Gasteiger partial charge in [-0.15, -0.1) is 11.8 Å². The van der Waals surface area contributed by atoms with Crippen molar-refractivity contribution in [1.29, 1.82) is 0 Å². The van der Waals surface area contributed by atoms with Crippen molar-refractivity contribution in [2.45, 2.75) is 17.7 Å². The van der Waals surface area contributed by atoms with Gasteiger partial charge in [-0.2, -0.15) is 0 Å². The van der Waals surface area contributed by atoms with Crippen molar-refractivity contribution >= 4 is 56.2 Å². The Balaban J connectivity index is 1.01. The molecule has 8 heteroatoms. The maximum atomic E-state index is 6.87. The Labute approximate surface area is 333 Å². The number of hydrogen-bond acceptors (Lipinski definition) is 7. The van der Waals surface area contributed by atoms with E-state index in [4.69, 9.17) is 34.5 Å². The summed E-state index contributed by atoms with van der Waals surface area (Å²) in [7, 11) is 0. The predicted octanol–water partition coefficient (Wildman–Crippen LogP) is 11.9. The van der Waals surface area contributed by atoms with Gasteiger partial charge in [-0.3, -0.25) is 0 Å². The summed E-state index contributed by atoms with van der Waals surface area (Å²) in [5, 5.41) is 2.94. The summed E-state index contributed by atoms with van der Waals surface area (Å²) in [4.78, 5) is 21.4. The first-order valence-corrected chi connectivity index (χ1v) is 19.9. The van der Waals surface area contributed by atoms with Crippen LogP contribution in [0.2, 0.25) is 0 Å². The van der Waals surface area contributed by atoms with Crippen LogP contribution in [0.5, 0.6) is 0 Å². The van der Waals surface area contributed by atoms with Crippen molar-refractivity contribution in [2.24, 2.45) is 10.7 Å². The fourth-order valence-electron chi connectivity index (χ4n) is 7.34. The third kappa shape index (κ3) is 6.81. The van der Waals surface area contributed by atoms with Crippen LogP contribution in [0.3, 0.4) is 0 Å². The lowest BCUT2D eigenvalue weighted by Crippen LogP contribution is -2.16. The van der Waals surface area contributed by atoms with Gasteiger partial charge in [0.2, 0.25) is 0 Å². The van der Waals surface area contributed by atoms with Crippen LogP contribution in [0, 0.1) is 0 Å². The van der Waals surface area contributed by atoms with Crippen LogP contribution in [0.1, 0.15) is 16.9 Å². The fourth-order valence-corrected chi connectivity index (χ4v) is 8.44. The van der Waals surface area contributed by atoms with E-state index in [1.54, 1.807) is 11.8 Å². The van der Waals surface area contributed by atoms with E-state index in [1.165, 1.54) is 5.56 Å². The number of thioether (sulfide) groups is 1. The molecule has 0 saturated heterocycles. The number of allylic oxidation sites excluding steroid dienone is 3. The summed E-state index contributed by atoms with van der Waals surface area (Å²) < 4.78 is 12.6. The SMILES string of the molecule is NC(=Nc1c(Cc2ccccc2)oc2ccccc12)/C1=C/C=C\Cc2ccc(-c3nc(-c4ccccc4)nc(-c4cccc5oc6ccccc6c45)n3)cc2SC1. The quantitative estimate of drug-likeness (QED) is 0.127. The van der Waals surface area contributed by atoms with E-state index in [9.17, 15) is 0 Å². The molecule has 0 spiro atoms. The Morgan fingerprint density at radius 1 is 0.649 bits per heavy atom. The van der Waals surface area contributed by atoms with Gasteiger partial charge in [0.1, 0.15) is 34.0 Å². The minimum absolute atomic E-state index is 0.461. The number of para-hydroxylation sites is 2. The zero-order valence-electron chi connectivity index (χ0n) is 30.8. The fraction of sp³-hybridized carbons (Fsp3) is 0.0612. The van der Waals surface area contributed by atoms with Crippen molar-refractivity contribution in [3.8, 4) is 34.2 Å². The second-order valence-corrected chi connectivity index (χ2v) is 14.9. The number of amidine groups is 1. The summed E-state index contributed by atoms with van der Waals surface area (Å²) >= 11 is 1.73. The van der Waals surface area contributed by atoms with Crippen molar-refractivity contribution < 1.29 is 8.83 Å². The zero-order chi connectivity index (χ0) is 38.1. The highest BCUT2D eigenvalue weighted by Gasteiger charge is 2.20. The Morgan fingerprint density at radius 2 is 1.33 bits per heavy atom. The molecule has 0 saturated carbocycles. The van der Waals surface area contributed by atoms with Gasteiger partial charge in [-0.05, 0) is 47.9 Å². The van der Waals surface area contributed by atoms with Gasteiger partial charge in [-0.1, -0.05) is 133 Å². The molecule has 57 heavy (non-hydrogen) atoms. The Morgan fingerprint density at radius 3 is 2.16 bits per heavy atom. The molecule has 274 valence electrons. The summed E-state index contributed by atoms with van der Waals surface area (Å²) in [6.45, 7) is 0. The molecule has 0 radical (unpaired) electrons. The largest absolute Gasteiger partial charge is 0.458 e. The molecule has 0 fully saturated rings. The topological polar surface area (TPSA) is 103 Å². The lowest BCUT2D eigenvalue weighted by molar-refractivity contribution is 0.564. The number of aromatic nitrogens is 3. The summed E-state index contributed by atoms with van der Waals surface area (Å²) in [6, 6.07) is 48.9. The Kier molecular flexibility index (Phi) is 9.01. The Bertz CT molecular complexity index is 3040. The highest BCUT2D eigenvalue weighted by Crippen LogP contribution is 2.38.